The number of aromatic nitrogens is 1. The van der Waals surface area contributed by atoms with Gasteiger partial charge < -0.3 is 5.32 Å². The number of nitrogens with zero attached hydrogens (tertiary/aromatic N) is 2. The van der Waals surface area contributed by atoms with Gasteiger partial charge in [0.15, 0.2) is 0 Å². The van der Waals surface area contributed by atoms with Crippen LogP contribution in [0.4, 0.5) is 4.79 Å². The van der Waals surface area contributed by atoms with E-state index in [2.05, 4.69) is 10.3 Å². The number of carbonyl (C=O) groups is 2. The first kappa shape index (κ1) is 12.1. The number of imide groups is 1. The molecule has 1 aliphatic heterocycles. The number of rotatable bonds is 3. The van der Waals surface area contributed by atoms with Crippen LogP contribution >= 0.6 is 0 Å². The fourth-order valence-corrected chi connectivity index (χ4v) is 2.95. The molecule has 5 heteroatoms. The first-order valence-corrected chi connectivity index (χ1v) is 6.77. The first-order chi connectivity index (χ1) is 9.25. The highest BCUT2D eigenvalue weighted by molar-refractivity contribution is 5.98. The van der Waals surface area contributed by atoms with Crippen LogP contribution in [0.3, 0.4) is 0 Å². The van der Waals surface area contributed by atoms with Gasteiger partial charge in [0.2, 0.25) is 5.91 Å². The van der Waals surface area contributed by atoms with E-state index in [0.29, 0.717) is 13.0 Å². The fraction of sp³-hybridized carbons (Fsp3) is 0.500. The van der Waals surface area contributed by atoms with Crippen molar-refractivity contribution in [3.8, 4) is 0 Å². The molecule has 2 atom stereocenters. The van der Waals surface area contributed by atoms with Gasteiger partial charge in [0, 0.05) is 30.9 Å². The van der Waals surface area contributed by atoms with Crippen LogP contribution in [0.15, 0.2) is 24.4 Å². The molecule has 2 fully saturated rings. The molecule has 3 amide bonds. The molecule has 0 aromatic carbocycles. The van der Waals surface area contributed by atoms with E-state index in [0.717, 1.165) is 25.0 Å². The predicted octanol–water partition coefficient (Wildman–Crippen LogP) is 1.34. The summed E-state index contributed by atoms with van der Waals surface area (Å²) in [7, 11) is 0. The Morgan fingerprint density at radius 1 is 1.32 bits per heavy atom. The molecule has 1 saturated carbocycles. The standard InChI is InChI=1S/C14H17N3O2/c18-13-11-5-3-6-12(11)16-14(19)17(13)9-7-10-4-1-2-8-15-10/h1-2,4,8,11-12H,3,5-7,9H2,(H,16,19)/t11-,12+/m0/s1. The molecule has 2 aliphatic rings. The summed E-state index contributed by atoms with van der Waals surface area (Å²) >= 11 is 0. The minimum Gasteiger partial charge on any atom is -0.334 e. The average molecular weight is 259 g/mol. The summed E-state index contributed by atoms with van der Waals surface area (Å²) in [5.41, 5.74) is 0.900. The fourth-order valence-electron chi connectivity index (χ4n) is 2.95. The van der Waals surface area contributed by atoms with Crippen molar-refractivity contribution in [2.45, 2.75) is 31.7 Å². The van der Waals surface area contributed by atoms with Gasteiger partial charge >= 0.3 is 6.03 Å². The van der Waals surface area contributed by atoms with Crippen LogP contribution in [-0.4, -0.2) is 34.4 Å². The summed E-state index contributed by atoms with van der Waals surface area (Å²) in [4.78, 5) is 29.8. The molecule has 1 aromatic heterocycles. The lowest BCUT2D eigenvalue weighted by Crippen LogP contribution is -2.58. The molecule has 1 aromatic rings. The molecule has 1 aliphatic carbocycles. The number of pyridine rings is 1. The largest absolute Gasteiger partial charge is 0.334 e. The van der Waals surface area contributed by atoms with Gasteiger partial charge in [-0.05, 0) is 25.0 Å². The minimum absolute atomic E-state index is 0.0119. The van der Waals surface area contributed by atoms with Crippen LogP contribution < -0.4 is 5.32 Å². The van der Waals surface area contributed by atoms with E-state index in [1.807, 2.05) is 18.2 Å². The summed E-state index contributed by atoms with van der Waals surface area (Å²) in [6.45, 7) is 0.408. The SMILES string of the molecule is O=C1N[C@@H]2CCC[C@@H]2C(=O)N1CCc1ccccn1. The lowest BCUT2D eigenvalue weighted by molar-refractivity contribution is -0.134. The van der Waals surface area contributed by atoms with Crippen LogP contribution in [0, 0.1) is 5.92 Å². The van der Waals surface area contributed by atoms with Gasteiger partial charge in [0.25, 0.3) is 0 Å². The second-order valence-corrected chi connectivity index (χ2v) is 5.15. The van der Waals surface area contributed by atoms with E-state index >= 15 is 0 Å². The van der Waals surface area contributed by atoms with Crippen molar-refractivity contribution in [2.24, 2.45) is 5.92 Å². The molecule has 0 bridgehead atoms. The summed E-state index contributed by atoms with van der Waals surface area (Å²) in [6.07, 6.45) is 5.17. The minimum atomic E-state index is -0.246. The Kier molecular flexibility index (Phi) is 3.19. The Hall–Kier alpha value is -1.91. The maximum absolute atomic E-state index is 12.3. The van der Waals surface area contributed by atoms with Gasteiger partial charge in [-0.2, -0.15) is 0 Å². The summed E-state index contributed by atoms with van der Waals surface area (Å²) in [5, 5.41) is 2.94. The summed E-state index contributed by atoms with van der Waals surface area (Å²) < 4.78 is 0. The highest BCUT2D eigenvalue weighted by Crippen LogP contribution is 2.30. The van der Waals surface area contributed by atoms with Crippen molar-refractivity contribution >= 4 is 11.9 Å². The van der Waals surface area contributed by atoms with E-state index in [9.17, 15) is 9.59 Å². The molecule has 0 unspecified atom stereocenters. The maximum Gasteiger partial charge on any atom is 0.324 e. The molecule has 100 valence electrons. The number of carbonyl (C=O) groups excluding carboxylic acids is 2. The zero-order valence-electron chi connectivity index (χ0n) is 10.7. The van der Waals surface area contributed by atoms with Crippen LogP contribution in [-0.2, 0) is 11.2 Å². The van der Waals surface area contributed by atoms with Crippen molar-refractivity contribution in [2.75, 3.05) is 6.54 Å². The molecule has 5 nitrogen and oxygen atoms in total. The second-order valence-electron chi connectivity index (χ2n) is 5.15. The van der Waals surface area contributed by atoms with Crippen molar-refractivity contribution < 1.29 is 9.59 Å². The van der Waals surface area contributed by atoms with Gasteiger partial charge in [-0.25, -0.2) is 4.79 Å². The topological polar surface area (TPSA) is 62.3 Å². The van der Waals surface area contributed by atoms with Crippen molar-refractivity contribution in [1.82, 2.24) is 15.2 Å². The zero-order valence-corrected chi connectivity index (χ0v) is 10.7. The van der Waals surface area contributed by atoms with Crippen LogP contribution in [0.5, 0.6) is 0 Å². The van der Waals surface area contributed by atoms with Gasteiger partial charge in [-0.1, -0.05) is 12.5 Å². The first-order valence-electron chi connectivity index (χ1n) is 6.77. The van der Waals surface area contributed by atoms with Crippen LogP contribution in [0.1, 0.15) is 25.0 Å². The Balaban J connectivity index is 1.66. The van der Waals surface area contributed by atoms with Crippen molar-refractivity contribution in [1.29, 1.82) is 0 Å². The third-order valence-corrected chi connectivity index (χ3v) is 3.97. The number of nitrogens with one attached hydrogen (secondary N) is 1. The molecule has 1 saturated heterocycles. The maximum atomic E-state index is 12.3. The van der Waals surface area contributed by atoms with E-state index in [1.165, 1.54) is 4.90 Å². The van der Waals surface area contributed by atoms with E-state index < -0.39 is 0 Å². The lowest BCUT2D eigenvalue weighted by atomic mass is 9.99. The predicted molar refractivity (Wildman–Crippen MR) is 69.3 cm³/mol. The van der Waals surface area contributed by atoms with Crippen LogP contribution in [0.2, 0.25) is 0 Å². The normalized spacial score (nSPS) is 26.2. The molecular weight excluding hydrogens is 242 g/mol. The monoisotopic (exact) mass is 259 g/mol. The average Bonchev–Trinajstić information content (AvgIpc) is 2.88. The molecule has 2 heterocycles. The van der Waals surface area contributed by atoms with Gasteiger partial charge in [-0.3, -0.25) is 14.7 Å². The Labute approximate surface area is 112 Å². The number of urea groups is 1. The van der Waals surface area contributed by atoms with Crippen LogP contribution in [0.25, 0.3) is 0 Å². The quantitative estimate of drug-likeness (QED) is 0.891. The van der Waals surface area contributed by atoms with E-state index in [4.69, 9.17) is 0 Å². The molecule has 0 radical (unpaired) electrons. The molecule has 0 spiro atoms. The Bertz CT molecular complexity index is 489. The summed E-state index contributed by atoms with van der Waals surface area (Å²) in [6, 6.07) is 5.49. The smallest absolute Gasteiger partial charge is 0.324 e. The second kappa shape index (κ2) is 4.99. The van der Waals surface area contributed by atoms with Gasteiger partial charge in [0.1, 0.15) is 0 Å². The van der Waals surface area contributed by atoms with Crippen molar-refractivity contribution in [3.05, 3.63) is 30.1 Å². The molecular formula is C14H17N3O2. The third-order valence-electron chi connectivity index (χ3n) is 3.97. The molecule has 1 N–H and O–H groups in total. The number of hydrogen-bond acceptors (Lipinski definition) is 3. The molecule has 3 rings (SSSR count). The third kappa shape index (κ3) is 2.32. The molecule has 19 heavy (non-hydrogen) atoms. The lowest BCUT2D eigenvalue weighted by Gasteiger charge is -2.33. The number of amides is 3. The summed E-state index contributed by atoms with van der Waals surface area (Å²) in [5.74, 6) is -0.0244. The van der Waals surface area contributed by atoms with Gasteiger partial charge in [0.05, 0.1) is 5.92 Å². The zero-order chi connectivity index (χ0) is 13.2. The number of hydrogen-bond donors (Lipinski definition) is 1. The highest BCUT2D eigenvalue weighted by atomic mass is 16.2. The van der Waals surface area contributed by atoms with Gasteiger partial charge in [-0.15, -0.1) is 0 Å². The number of fused-ring (bicyclic) bond motifs is 1. The Morgan fingerprint density at radius 3 is 3.00 bits per heavy atom. The van der Waals surface area contributed by atoms with E-state index in [1.54, 1.807) is 6.20 Å². The highest BCUT2D eigenvalue weighted by Gasteiger charge is 2.43. The van der Waals surface area contributed by atoms with E-state index in [-0.39, 0.29) is 23.9 Å². The Morgan fingerprint density at radius 2 is 2.21 bits per heavy atom. The van der Waals surface area contributed by atoms with Crippen molar-refractivity contribution in [3.63, 3.8) is 0 Å².